The molecular formula is C18H17BrO4. The highest BCUT2D eigenvalue weighted by Gasteiger charge is 2.11. The standard InChI is InChI=1S/C18H17BrO4/c1-21-14-10-17(22-2)15(18(11-14)23-3)8-9-16(20)12-4-6-13(19)7-5-12/h4-11H,1-3H3. The second-order valence-electron chi connectivity index (χ2n) is 4.65. The maximum absolute atomic E-state index is 12.2. The highest BCUT2D eigenvalue weighted by molar-refractivity contribution is 9.10. The van der Waals surface area contributed by atoms with Gasteiger partial charge in [-0.1, -0.05) is 15.9 Å². The van der Waals surface area contributed by atoms with E-state index in [1.165, 1.54) is 6.08 Å². The van der Waals surface area contributed by atoms with Crippen molar-refractivity contribution in [1.29, 1.82) is 0 Å². The van der Waals surface area contributed by atoms with Crippen LogP contribution in [-0.2, 0) is 0 Å². The van der Waals surface area contributed by atoms with Crippen molar-refractivity contribution in [3.63, 3.8) is 0 Å². The third kappa shape index (κ3) is 4.13. The van der Waals surface area contributed by atoms with Crippen molar-refractivity contribution in [2.45, 2.75) is 0 Å². The molecule has 0 atom stereocenters. The summed E-state index contributed by atoms with van der Waals surface area (Å²) < 4.78 is 16.8. The fraction of sp³-hybridized carbons (Fsp3) is 0.167. The molecule has 2 aromatic rings. The Morgan fingerprint density at radius 1 is 0.957 bits per heavy atom. The molecular weight excluding hydrogens is 360 g/mol. The number of halogens is 1. The minimum atomic E-state index is -0.0996. The van der Waals surface area contributed by atoms with E-state index in [-0.39, 0.29) is 5.78 Å². The first-order chi connectivity index (χ1) is 11.1. The van der Waals surface area contributed by atoms with Gasteiger partial charge in [-0.05, 0) is 36.4 Å². The van der Waals surface area contributed by atoms with Crippen molar-refractivity contribution in [3.05, 3.63) is 58.1 Å². The van der Waals surface area contributed by atoms with Gasteiger partial charge in [0.25, 0.3) is 0 Å². The number of carbonyl (C=O) groups is 1. The molecule has 0 spiro atoms. The molecule has 120 valence electrons. The van der Waals surface area contributed by atoms with Crippen molar-refractivity contribution in [2.75, 3.05) is 21.3 Å². The van der Waals surface area contributed by atoms with Gasteiger partial charge in [-0.15, -0.1) is 0 Å². The smallest absolute Gasteiger partial charge is 0.185 e. The molecule has 4 nitrogen and oxygen atoms in total. The Kier molecular flexibility index (Phi) is 5.82. The number of methoxy groups -OCH3 is 3. The van der Waals surface area contributed by atoms with Crippen LogP contribution in [-0.4, -0.2) is 27.1 Å². The highest BCUT2D eigenvalue weighted by atomic mass is 79.9. The number of benzene rings is 2. The number of hydrogen-bond donors (Lipinski definition) is 0. The molecule has 0 aliphatic carbocycles. The molecule has 0 aliphatic heterocycles. The molecule has 23 heavy (non-hydrogen) atoms. The second-order valence-corrected chi connectivity index (χ2v) is 5.57. The van der Waals surface area contributed by atoms with Crippen LogP contribution in [0.25, 0.3) is 6.08 Å². The molecule has 0 unspecified atom stereocenters. The predicted molar refractivity (Wildman–Crippen MR) is 93.6 cm³/mol. The van der Waals surface area contributed by atoms with E-state index in [4.69, 9.17) is 14.2 Å². The van der Waals surface area contributed by atoms with Gasteiger partial charge >= 0.3 is 0 Å². The second kappa shape index (κ2) is 7.83. The number of hydrogen-bond acceptors (Lipinski definition) is 4. The Labute approximate surface area is 143 Å². The zero-order chi connectivity index (χ0) is 16.8. The average Bonchev–Trinajstić information content (AvgIpc) is 2.59. The lowest BCUT2D eigenvalue weighted by atomic mass is 10.1. The Morgan fingerprint density at radius 3 is 2.00 bits per heavy atom. The Balaban J connectivity index is 2.34. The monoisotopic (exact) mass is 376 g/mol. The van der Waals surface area contributed by atoms with Gasteiger partial charge in [0.15, 0.2) is 5.78 Å². The molecule has 0 saturated carbocycles. The summed E-state index contributed by atoms with van der Waals surface area (Å²) in [7, 11) is 4.69. The van der Waals surface area contributed by atoms with E-state index in [0.717, 1.165) is 4.47 Å². The SMILES string of the molecule is COc1cc(OC)c(C=CC(=O)c2ccc(Br)cc2)c(OC)c1. The maximum atomic E-state index is 12.2. The zero-order valence-corrected chi connectivity index (χ0v) is 14.7. The zero-order valence-electron chi connectivity index (χ0n) is 13.1. The lowest BCUT2D eigenvalue weighted by Gasteiger charge is -2.12. The van der Waals surface area contributed by atoms with E-state index in [0.29, 0.717) is 28.4 Å². The van der Waals surface area contributed by atoms with Gasteiger partial charge in [-0.3, -0.25) is 4.79 Å². The van der Waals surface area contributed by atoms with Gasteiger partial charge in [-0.25, -0.2) is 0 Å². The summed E-state index contributed by atoms with van der Waals surface area (Å²) in [5, 5.41) is 0. The first kappa shape index (κ1) is 17.1. The first-order valence-electron chi connectivity index (χ1n) is 6.87. The fourth-order valence-corrected chi connectivity index (χ4v) is 2.33. The third-order valence-electron chi connectivity index (χ3n) is 3.28. The number of allylic oxidation sites excluding steroid dienone is 1. The summed E-state index contributed by atoms with van der Waals surface area (Å²) in [5.74, 6) is 1.66. The molecule has 0 amide bonds. The van der Waals surface area contributed by atoms with Gasteiger partial charge in [0.05, 0.1) is 26.9 Å². The molecule has 0 aromatic heterocycles. The maximum Gasteiger partial charge on any atom is 0.185 e. The minimum absolute atomic E-state index is 0.0996. The summed E-state index contributed by atoms with van der Waals surface area (Å²) in [6.45, 7) is 0. The number of carbonyl (C=O) groups excluding carboxylic acids is 1. The van der Waals surface area contributed by atoms with Crippen molar-refractivity contribution in [2.24, 2.45) is 0 Å². The van der Waals surface area contributed by atoms with E-state index in [9.17, 15) is 4.79 Å². The van der Waals surface area contributed by atoms with Crippen molar-refractivity contribution in [1.82, 2.24) is 0 Å². The van der Waals surface area contributed by atoms with Crippen molar-refractivity contribution >= 4 is 27.8 Å². The highest BCUT2D eigenvalue weighted by Crippen LogP contribution is 2.35. The van der Waals surface area contributed by atoms with Crippen LogP contribution >= 0.6 is 15.9 Å². The third-order valence-corrected chi connectivity index (χ3v) is 3.81. The molecule has 0 saturated heterocycles. The van der Waals surface area contributed by atoms with Gasteiger partial charge in [0.2, 0.25) is 0 Å². The van der Waals surface area contributed by atoms with Gasteiger partial charge in [0, 0.05) is 22.2 Å². The van der Waals surface area contributed by atoms with Gasteiger partial charge in [0.1, 0.15) is 17.2 Å². The first-order valence-corrected chi connectivity index (χ1v) is 7.66. The van der Waals surface area contributed by atoms with Gasteiger partial charge < -0.3 is 14.2 Å². The van der Waals surface area contributed by atoms with E-state index in [2.05, 4.69) is 15.9 Å². The molecule has 0 radical (unpaired) electrons. The summed E-state index contributed by atoms with van der Waals surface area (Å²) in [5.41, 5.74) is 1.29. The van der Waals surface area contributed by atoms with Crippen LogP contribution in [0.15, 0.2) is 46.9 Å². The van der Waals surface area contributed by atoms with Crippen LogP contribution in [0.1, 0.15) is 15.9 Å². The topological polar surface area (TPSA) is 44.8 Å². The average molecular weight is 377 g/mol. The minimum Gasteiger partial charge on any atom is -0.496 e. The van der Waals surface area contributed by atoms with Crippen LogP contribution in [0.4, 0.5) is 0 Å². The quantitative estimate of drug-likeness (QED) is 0.554. The summed E-state index contributed by atoms with van der Waals surface area (Å²) >= 11 is 3.35. The van der Waals surface area contributed by atoms with Crippen molar-refractivity contribution in [3.8, 4) is 17.2 Å². The summed E-state index contributed by atoms with van der Waals surface area (Å²) in [6.07, 6.45) is 3.18. The lowest BCUT2D eigenvalue weighted by Crippen LogP contribution is -1.96. The van der Waals surface area contributed by atoms with E-state index < -0.39 is 0 Å². The lowest BCUT2D eigenvalue weighted by molar-refractivity contribution is 0.104. The van der Waals surface area contributed by atoms with Crippen LogP contribution in [0.2, 0.25) is 0 Å². The Hall–Kier alpha value is -2.27. The molecule has 0 bridgehead atoms. The number of ether oxygens (including phenoxy) is 3. The fourth-order valence-electron chi connectivity index (χ4n) is 2.07. The summed E-state index contributed by atoms with van der Waals surface area (Å²) in [6, 6.07) is 10.7. The molecule has 2 rings (SSSR count). The van der Waals surface area contributed by atoms with Crippen LogP contribution in [0.5, 0.6) is 17.2 Å². The van der Waals surface area contributed by atoms with Crippen molar-refractivity contribution < 1.29 is 19.0 Å². The van der Waals surface area contributed by atoms with E-state index in [1.807, 2.05) is 12.1 Å². The Bertz CT molecular complexity index is 695. The molecule has 0 heterocycles. The predicted octanol–water partition coefficient (Wildman–Crippen LogP) is 4.37. The normalized spacial score (nSPS) is 10.6. The van der Waals surface area contributed by atoms with Crippen LogP contribution in [0.3, 0.4) is 0 Å². The number of ketones is 1. The van der Waals surface area contributed by atoms with Crippen LogP contribution < -0.4 is 14.2 Å². The largest absolute Gasteiger partial charge is 0.496 e. The number of rotatable bonds is 6. The summed E-state index contributed by atoms with van der Waals surface area (Å²) in [4.78, 5) is 12.2. The van der Waals surface area contributed by atoms with Crippen LogP contribution in [0, 0.1) is 0 Å². The molecule has 2 aromatic carbocycles. The van der Waals surface area contributed by atoms with Gasteiger partial charge in [-0.2, -0.15) is 0 Å². The molecule has 5 heteroatoms. The van der Waals surface area contributed by atoms with E-state index >= 15 is 0 Å². The van der Waals surface area contributed by atoms with E-state index in [1.54, 1.807) is 51.7 Å². The molecule has 0 N–H and O–H groups in total. The molecule has 0 aliphatic rings. The Morgan fingerprint density at radius 2 is 1.52 bits per heavy atom. The molecule has 0 fully saturated rings.